The van der Waals surface area contributed by atoms with E-state index in [0.29, 0.717) is 5.75 Å². The van der Waals surface area contributed by atoms with Crippen LogP contribution in [0.3, 0.4) is 0 Å². The predicted molar refractivity (Wildman–Crippen MR) is 91.7 cm³/mol. The predicted octanol–water partition coefficient (Wildman–Crippen LogP) is 4.18. The molecule has 1 atom stereocenters. The van der Waals surface area contributed by atoms with Gasteiger partial charge in [-0.2, -0.15) is 0 Å². The summed E-state index contributed by atoms with van der Waals surface area (Å²) in [7, 11) is -2.16. The summed E-state index contributed by atoms with van der Waals surface area (Å²) in [4.78, 5) is 11.4. The van der Waals surface area contributed by atoms with Gasteiger partial charge in [-0.15, -0.1) is 0 Å². The average Bonchev–Trinajstić information content (AvgIpc) is 2.42. The van der Waals surface area contributed by atoms with Gasteiger partial charge in [0.15, 0.2) is 14.4 Å². The Morgan fingerprint density at radius 3 is 2.27 bits per heavy atom. The van der Waals surface area contributed by atoms with E-state index in [2.05, 4.69) is 27.4 Å². The van der Waals surface area contributed by atoms with E-state index in [4.69, 9.17) is 9.16 Å². The number of carbonyl (C=O) groups is 1. The minimum absolute atomic E-state index is 0.00468. The van der Waals surface area contributed by atoms with Crippen LogP contribution in [0.5, 0.6) is 5.75 Å². The molecular weight excluding hydrogens is 296 g/mol. The normalized spacial score (nSPS) is 13.5. The second-order valence-electron chi connectivity index (χ2n) is 6.79. The van der Waals surface area contributed by atoms with Gasteiger partial charge < -0.3 is 14.3 Å². The summed E-state index contributed by atoms with van der Waals surface area (Å²) >= 11 is 0. The lowest BCUT2D eigenvalue weighted by Gasteiger charge is -2.38. The first-order chi connectivity index (χ1) is 10.1. The van der Waals surface area contributed by atoms with Crippen molar-refractivity contribution in [2.45, 2.75) is 45.0 Å². The van der Waals surface area contributed by atoms with Gasteiger partial charge >= 0.3 is 5.97 Å². The Labute approximate surface area is 133 Å². The first kappa shape index (κ1) is 18.5. The number of benzene rings is 1. The molecule has 0 fully saturated rings. The lowest BCUT2D eigenvalue weighted by molar-refractivity contribution is -0.147. The zero-order chi connectivity index (χ0) is 17.0. The van der Waals surface area contributed by atoms with Crippen molar-refractivity contribution >= 4 is 20.4 Å². The first-order valence-electron chi connectivity index (χ1n) is 7.33. The van der Waals surface area contributed by atoms with Crippen LogP contribution < -0.4 is 4.74 Å². The Morgan fingerprint density at radius 2 is 1.86 bits per heavy atom. The number of carboxylic acid groups (broad SMARTS) is 1. The maximum absolute atomic E-state index is 11.4. The topological polar surface area (TPSA) is 55.8 Å². The molecule has 22 heavy (non-hydrogen) atoms. The number of carboxylic acids is 1. The molecule has 5 heteroatoms. The van der Waals surface area contributed by atoms with Crippen LogP contribution in [0.1, 0.15) is 26.3 Å². The Morgan fingerprint density at radius 1 is 1.32 bits per heavy atom. The maximum atomic E-state index is 11.4. The molecule has 122 valence electrons. The molecule has 0 spiro atoms. The number of hydrogen-bond donors (Lipinski definition) is 1. The molecule has 1 aromatic carbocycles. The molecule has 0 saturated heterocycles. The molecule has 0 unspecified atom stereocenters. The molecule has 1 aromatic rings. The SMILES string of the molecule is C=Cc1ccc(OC[C@@H](O[Si](C)(C)C(C)(C)C)C(=O)O)cc1. The molecule has 0 saturated carbocycles. The lowest BCUT2D eigenvalue weighted by atomic mass is 10.2. The minimum Gasteiger partial charge on any atom is -0.490 e. The molecule has 0 aliphatic heterocycles. The quantitative estimate of drug-likeness (QED) is 0.765. The Bertz CT molecular complexity index is 514. The monoisotopic (exact) mass is 322 g/mol. The maximum Gasteiger partial charge on any atom is 0.335 e. The second-order valence-corrected chi connectivity index (χ2v) is 11.5. The molecule has 0 radical (unpaired) electrons. The lowest BCUT2D eigenvalue weighted by Crippen LogP contribution is -2.47. The van der Waals surface area contributed by atoms with Crippen LogP contribution in [0.25, 0.3) is 6.08 Å². The molecule has 0 aliphatic carbocycles. The van der Waals surface area contributed by atoms with Crippen molar-refractivity contribution in [3.8, 4) is 5.75 Å². The highest BCUT2D eigenvalue weighted by Crippen LogP contribution is 2.37. The first-order valence-corrected chi connectivity index (χ1v) is 10.2. The van der Waals surface area contributed by atoms with Gasteiger partial charge in [0.05, 0.1) is 0 Å². The zero-order valence-corrected chi connectivity index (χ0v) is 15.1. The number of hydrogen-bond acceptors (Lipinski definition) is 3. The third-order valence-corrected chi connectivity index (χ3v) is 8.52. The second kappa shape index (κ2) is 7.11. The van der Waals surface area contributed by atoms with Gasteiger partial charge in [-0.05, 0) is 35.8 Å². The van der Waals surface area contributed by atoms with Crippen LogP contribution in [0, 0.1) is 0 Å². The fourth-order valence-electron chi connectivity index (χ4n) is 1.56. The van der Waals surface area contributed by atoms with Crippen LogP contribution in [-0.2, 0) is 9.22 Å². The standard InChI is InChI=1S/C17H26O4Si/c1-7-13-8-10-14(11-9-13)20-12-15(16(18)19)21-22(5,6)17(2,3)4/h7-11,15H,1,12H2,2-6H3,(H,18,19)/t15-/m1/s1. The van der Waals surface area contributed by atoms with Crippen LogP contribution in [0.4, 0.5) is 0 Å². The number of ether oxygens (including phenoxy) is 1. The summed E-state index contributed by atoms with van der Waals surface area (Å²) in [6.45, 7) is 14.0. The molecule has 1 N–H and O–H groups in total. The smallest absolute Gasteiger partial charge is 0.335 e. The highest BCUT2D eigenvalue weighted by Gasteiger charge is 2.41. The molecule has 4 nitrogen and oxygen atoms in total. The highest BCUT2D eigenvalue weighted by atomic mass is 28.4. The van der Waals surface area contributed by atoms with E-state index in [1.54, 1.807) is 18.2 Å². The summed E-state index contributed by atoms with van der Waals surface area (Å²) in [5, 5.41) is 9.32. The van der Waals surface area contributed by atoms with Crippen LogP contribution in [0.15, 0.2) is 30.8 Å². The molecule has 0 aromatic heterocycles. The summed E-state index contributed by atoms with van der Waals surface area (Å²) in [6.07, 6.45) is 0.782. The number of aliphatic carboxylic acids is 1. The Balaban J connectivity index is 2.72. The summed E-state index contributed by atoms with van der Waals surface area (Å²) in [6, 6.07) is 7.32. The molecule has 0 bridgehead atoms. The summed E-state index contributed by atoms with van der Waals surface area (Å²) in [5.74, 6) is -0.372. The number of rotatable bonds is 7. The fraction of sp³-hybridized carbons (Fsp3) is 0.471. The summed E-state index contributed by atoms with van der Waals surface area (Å²) < 4.78 is 11.5. The van der Waals surface area contributed by atoms with E-state index in [1.165, 1.54) is 0 Å². The molecule has 1 rings (SSSR count). The van der Waals surface area contributed by atoms with Crippen LogP contribution >= 0.6 is 0 Å². The largest absolute Gasteiger partial charge is 0.490 e. The minimum atomic E-state index is -2.16. The van der Waals surface area contributed by atoms with E-state index in [1.807, 2.05) is 25.2 Å². The third-order valence-electron chi connectivity index (χ3n) is 4.04. The van der Waals surface area contributed by atoms with Gasteiger partial charge in [0.2, 0.25) is 0 Å². The van der Waals surface area contributed by atoms with E-state index in [0.717, 1.165) is 5.56 Å². The van der Waals surface area contributed by atoms with Crippen molar-refractivity contribution in [2.75, 3.05) is 6.61 Å². The van der Waals surface area contributed by atoms with E-state index >= 15 is 0 Å². The van der Waals surface area contributed by atoms with E-state index in [-0.39, 0.29) is 11.6 Å². The van der Waals surface area contributed by atoms with Crippen molar-refractivity contribution in [1.29, 1.82) is 0 Å². The van der Waals surface area contributed by atoms with Crippen LogP contribution in [0.2, 0.25) is 18.1 Å². The van der Waals surface area contributed by atoms with Gasteiger partial charge in [-0.3, -0.25) is 0 Å². The zero-order valence-electron chi connectivity index (χ0n) is 14.1. The summed E-state index contributed by atoms with van der Waals surface area (Å²) in [5.41, 5.74) is 0.986. The van der Waals surface area contributed by atoms with Crippen molar-refractivity contribution < 1.29 is 19.1 Å². The van der Waals surface area contributed by atoms with Gasteiger partial charge in [-0.1, -0.05) is 45.6 Å². The molecule has 0 heterocycles. The van der Waals surface area contributed by atoms with Crippen molar-refractivity contribution in [3.63, 3.8) is 0 Å². The van der Waals surface area contributed by atoms with Gasteiger partial charge in [-0.25, -0.2) is 4.79 Å². The fourth-order valence-corrected chi connectivity index (χ4v) is 2.79. The van der Waals surface area contributed by atoms with Crippen LogP contribution in [-0.4, -0.2) is 32.1 Å². The van der Waals surface area contributed by atoms with Crippen molar-refractivity contribution in [2.24, 2.45) is 0 Å². The Kier molecular flexibility index (Phi) is 5.97. The van der Waals surface area contributed by atoms with Gasteiger partial charge in [0.25, 0.3) is 0 Å². The Hall–Kier alpha value is -1.59. The van der Waals surface area contributed by atoms with Crippen molar-refractivity contribution in [3.05, 3.63) is 36.4 Å². The molecular formula is C17H26O4Si. The van der Waals surface area contributed by atoms with Crippen molar-refractivity contribution in [1.82, 2.24) is 0 Å². The van der Waals surface area contributed by atoms with Gasteiger partial charge in [0, 0.05) is 0 Å². The third kappa shape index (κ3) is 5.00. The van der Waals surface area contributed by atoms with E-state index < -0.39 is 20.4 Å². The van der Waals surface area contributed by atoms with Gasteiger partial charge in [0.1, 0.15) is 12.4 Å². The highest BCUT2D eigenvalue weighted by molar-refractivity contribution is 6.74. The molecule has 0 aliphatic rings. The molecule has 0 amide bonds. The van der Waals surface area contributed by atoms with E-state index in [9.17, 15) is 9.90 Å². The average molecular weight is 322 g/mol.